The van der Waals surface area contributed by atoms with Crippen molar-refractivity contribution in [3.8, 4) is 5.75 Å². The van der Waals surface area contributed by atoms with Crippen molar-refractivity contribution in [3.63, 3.8) is 0 Å². The van der Waals surface area contributed by atoms with Crippen LogP contribution in [0.3, 0.4) is 0 Å². The monoisotopic (exact) mass is 533 g/mol. The number of amides is 1. The number of carbonyl (C=O) groups is 1. The molecule has 0 bridgehead atoms. The van der Waals surface area contributed by atoms with E-state index in [0.29, 0.717) is 6.54 Å². The standard InChI is InChI=1S/C34H35N3O3/c1-39-28-12-10-26(11-13-28)23-37-32-31-29(4-2-5-30(31)33(37)38)27(21-35-32)20-24-6-8-25(9-7-24)22-36-17-15-34(16-18-36)14-3-19-40-34/h2,4-13,21H,3,14-20,22-23H2,1H3. The fourth-order valence-corrected chi connectivity index (χ4v) is 6.67. The minimum absolute atomic E-state index is 0.00791. The second-order valence-electron chi connectivity index (χ2n) is 11.5. The zero-order valence-electron chi connectivity index (χ0n) is 23.1. The van der Waals surface area contributed by atoms with Crippen LogP contribution in [0, 0.1) is 0 Å². The summed E-state index contributed by atoms with van der Waals surface area (Å²) < 4.78 is 11.4. The van der Waals surface area contributed by atoms with Crippen LogP contribution in [-0.4, -0.2) is 48.2 Å². The smallest absolute Gasteiger partial charge is 0.260 e. The van der Waals surface area contributed by atoms with Crippen molar-refractivity contribution in [2.75, 3.05) is 31.7 Å². The number of hydrogen-bond donors (Lipinski definition) is 0. The zero-order valence-corrected chi connectivity index (χ0v) is 23.1. The zero-order chi connectivity index (χ0) is 27.1. The summed E-state index contributed by atoms with van der Waals surface area (Å²) in [4.78, 5) is 22.6. The Balaban J connectivity index is 1.06. The van der Waals surface area contributed by atoms with Crippen molar-refractivity contribution >= 4 is 22.5 Å². The summed E-state index contributed by atoms with van der Waals surface area (Å²) in [5, 5.41) is 2.07. The first-order valence-corrected chi connectivity index (χ1v) is 14.4. The lowest BCUT2D eigenvalue weighted by Gasteiger charge is -2.38. The molecule has 0 radical (unpaired) electrons. The Morgan fingerprint density at radius 2 is 1.62 bits per heavy atom. The van der Waals surface area contributed by atoms with Gasteiger partial charge in [-0.25, -0.2) is 4.98 Å². The molecule has 2 fully saturated rings. The maximum Gasteiger partial charge on any atom is 0.260 e. The molecule has 204 valence electrons. The molecule has 4 heterocycles. The van der Waals surface area contributed by atoms with Crippen LogP contribution in [-0.2, 0) is 24.2 Å². The minimum atomic E-state index is 0.00791. The summed E-state index contributed by atoms with van der Waals surface area (Å²) in [5.41, 5.74) is 5.69. The lowest BCUT2D eigenvalue weighted by molar-refractivity contribution is -0.0447. The predicted octanol–water partition coefficient (Wildman–Crippen LogP) is 6.14. The van der Waals surface area contributed by atoms with Gasteiger partial charge in [0.15, 0.2) is 0 Å². The van der Waals surface area contributed by atoms with E-state index in [9.17, 15) is 4.79 Å². The number of hydrogen-bond acceptors (Lipinski definition) is 5. The van der Waals surface area contributed by atoms with Crippen LogP contribution in [0.1, 0.15) is 58.3 Å². The number of benzene rings is 3. The van der Waals surface area contributed by atoms with Gasteiger partial charge < -0.3 is 9.47 Å². The van der Waals surface area contributed by atoms with Crippen molar-refractivity contribution < 1.29 is 14.3 Å². The Bertz CT molecular complexity index is 1530. The highest BCUT2D eigenvalue weighted by atomic mass is 16.5. The van der Waals surface area contributed by atoms with E-state index in [1.807, 2.05) is 42.6 Å². The molecule has 40 heavy (non-hydrogen) atoms. The molecule has 7 rings (SSSR count). The Kier molecular flexibility index (Phi) is 6.53. The molecule has 0 N–H and O–H groups in total. The molecule has 1 aromatic heterocycles. The maximum absolute atomic E-state index is 13.4. The molecule has 4 aromatic rings. The van der Waals surface area contributed by atoms with Crippen LogP contribution in [0.4, 0.5) is 5.82 Å². The average molecular weight is 534 g/mol. The van der Waals surface area contributed by atoms with Gasteiger partial charge in [-0.15, -0.1) is 0 Å². The number of rotatable bonds is 7. The first kappa shape index (κ1) is 25.2. The molecule has 0 saturated carbocycles. The van der Waals surface area contributed by atoms with Gasteiger partial charge in [0.2, 0.25) is 0 Å². The predicted molar refractivity (Wildman–Crippen MR) is 157 cm³/mol. The summed E-state index contributed by atoms with van der Waals surface area (Å²) >= 11 is 0. The average Bonchev–Trinajstić information content (AvgIpc) is 3.56. The Labute approximate surface area is 235 Å². The van der Waals surface area contributed by atoms with Crippen molar-refractivity contribution in [2.24, 2.45) is 0 Å². The number of piperidine rings is 1. The van der Waals surface area contributed by atoms with Gasteiger partial charge in [0.1, 0.15) is 11.6 Å². The van der Waals surface area contributed by atoms with Crippen LogP contribution >= 0.6 is 0 Å². The van der Waals surface area contributed by atoms with E-state index in [2.05, 4.69) is 35.2 Å². The van der Waals surface area contributed by atoms with E-state index in [1.54, 1.807) is 12.0 Å². The van der Waals surface area contributed by atoms with E-state index >= 15 is 0 Å². The van der Waals surface area contributed by atoms with Crippen LogP contribution in [0.15, 0.2) is 72.9 Å². The fraction of sp³-hybridized carbons (Fsp3) is 0.353. The SMILES string of the molecule is COc1ccc(CN2C(=O)c3cccc4c(Cc5ccc(CN6CCC7(CCCO7)CC6)cc5)cnc2c34)cc1. The highest BCUT2D eigenvalue weighted by molar-refractivity contribution is 6.24. The van der Waals surface area contributed by atoms with E-state index in [1.165, 1.54) is 24.0 Å². The van der Waals surface area contributed by atoms with Gasteiger partial charge in [-0.1, -0.05) is 48.5 Å². The summed E-state index contributed by atoms with van der Waals surface area (Å²) in [6.45, 7) is 4.63. The van der Waals surface area contributed by atoms with E-state index in [-0.39, 0.29) is 11.5 Å². The molecule has 3 aliphatic heterocycles. The second kappa shape index (κ2) is 10.3. The van der Waals surface area contributed by atoms with Crippen molar-refractivity contribution in [3.05, 3.63) is 101 Å². The molecule has 0 unspecified atom stereocenters. The lowest BCUT2D eigenvalue weighted by Crippen LogP contribution is -2.43. The van der Waals surface area contributed by atoms with Gasteiger partial charge in [-0.05, 0) is 77.9 Å². The van der Waals surface area contributed by atoms with Crippen LogP contribution < -0.4 is 9.64 Å². The Morgan fingerprint density at radius 1 is 0.900 bits per heavy atom. The number of carbonyl (C=O) groups excluding carboxylic acids is 1. The van der Waals surface area contributed by atoms with Gasteiger partial charge in [-0.3, -0.25) is 14.6 Å². The third-order valence-electron chi connectivity index (χ3n) is 8.98. The third kappa shape index (κ3) is 4.65. The highest BCUT2D eigenvalue weighted by Gasteiger charge is 2.38. The largest absolute Gasteiger partial charge is 0.497 e. The summed E-state index contributed by atoms with van der Waals surface area (Å²) in [6.07, 6.45) is 7.49. The molecule has 6 nitrogen and oxygen atoms in total. The minimum Gasteiger partial charge on any atom is -0.497 e. The van der Waals surface area contributed by atoms with Crippen LogP contribution in [0.2, 0.25) is 0 Å². The Morgan fingerprint density at radius 3 is 2.35 bits per heavy atom. The molecule has 6 heteroatoms. The molecule has 2 saturated heterocycles. The van der Waals surface area contributed by atoms with E-state index in [0.717, 1.165) is 84.5 Å². The molecule has 3 aliphatic rings. The van der Waals surface area contributed by atoms with Gasteiger partial charge in [0.05, 0.1) is 24.8 Å². The summed E-state index contributed by atoms with van der Waals surface area (Å²) in [6, 6.07) is 22.9. The molecular weight excluding hydrogens is 498 g/mol. The number of anilines is 1. The molecule has 3 aromatic carbocycles. The summed E-state index contributed by atoms with van der Waals surface area (Å²) in [5.74, 6) is 1.56. The molecule has 0 atom stereocenters. The number of ether oxygens (including phenoxy) is 2. The first-order chi connectivity index (χ1) is 19.6. The maximum atomic E-state index is 13.4. The third-order valence-corrected chi connectivity index (χ3v) is 8.98. The number of methoxy groups -OCH3 is 1. The summed E-state index contributed by atoms with van der Waals surface area (Å²) in [7, 11) is 1.65. The second-order valence-corrected chi connectivity index (χ2v) is 11.5. The molecule has 0 aliphatic carbocycles. The lowest BCUT2D eigenvalue weighted by atomic mass is 9.88. The first-order valence-electron chi connectivity index (χ1n) is 14.4. The quantitative estimate of drug-likeness (QED) is 0.286. The molecule has 1 spiro atoms. The fourth-order valence-electron chi connectivity index (χ4n) is 6.67. The number of aromatic nitrogens is 1. The highest BCUT2D eigenvalue weighted by Crippen LogP contribution is 2.39. The number of likely N-dealkylation sites (tertiary alicyclic amines) is 1. The van der Waals surface area contributed by atoms with Crippen molar-refractivity contribution in [2.45, 2.75) is 50.8 Å². The van der Waals surface area contributed by atoms with Crippen molar-refractivity contribution in [1.82, 2.24) is 9.88 Å². The topological polar surface area (TPSA) is 54.9 Å². The van der Waals surface area contributed by atoms with Crippen LogP contribution in [0.5, 0.6) is 5.75 Å². The normalized spacial score (nSPS) is 18.2. The Hall–Kier alpha value is -3.74. The number of nitrogens with zero attached hydrogens (tertiary/aromatic N) is 3. The number of pyridine rings is 1. The van der Waals surface area contributed by atoms with Gasteiger partial charge in [0, 0.05) is 37.8 Å². The van der Waals surface area contributed by atoms with Crippen LogP contribution in [0.25, 0.3) is 10.8 Å². The van der Waals surface area contributed by atoms with Crippen molar-refractivity contribution in [1.29, 1.82) is 0 Å². The van der Waals surface area contributed by atoms with E-state index < -0.39 is 0 Å². The van der Waals surface area contributed by atoms with Gasteiger partial charge in [0.25, 0.3) is 5.91 Å². The van der Waals surface area contributed by atoms with Gasteiger partial charge >= 0.3 is 0 Å². The van der Waals surface area contributed by atoms with Gasteiger partial charge in [-0.2, -0.15) is 0 Å². The van der Waals surface area contributed by atoms with E-state index in [4.69, 9.17) is 14.5 Å². The molecule has 1 amide bonds. The molecular formula is C34H35N3O3.